The Hall–Kier alpha value is -1.02. The van der Waals surface area contributed by atoms with Crippen molar-refractivity contribution in [3.63, 3.8) is 0 Å². The van der Waals surface area contributed by atoms with Crippen LogP contribution in [0.2, 0.25) is 0 Å². The lowest BCUT2D eigenvalue weighted by Crippen LogP contribution is -2.50. The van der Waals surface area contributed by atoms with Gasteiger partial charge in [-0.1, -0.05) is 39.8 Å². The summed E-state index contributed by atoms with van der Waals surface area (Å²) in [4.78, 5) is 0. The summed E-state index contributed by atoms with van der Waals surface area (Å²) < 4.78 is 10.5. The molecule has 1 aliphatic rings. The number of rotatable bonds is 3. The molecule has 0 saturated carbocycles. The van der Waals surface area contributed by atoms with E-state index in [1.165, 1.54) is 5.56 Å². The standard InChI is InChI=1S/C13H18O2.C2H6/c1-10(2)13(8-15-9-13)11-4-6-12(14-3)7-5-11;1-2/h4-7,10H,8-9H2,1-3H3;1-2H3. The first-order valence-corrected chi connectivity index (χ1v) is 6.41. The minimum atomic E-state index is 0.228. The average molecular weight is 236 g/mol. The molecular formula is C15H24O2. The number of hydrogen-bond donors (Lipinski definition) is 0. The van der Waals surface area contributed by atoms with Crippen molar-refractivity contribution in [2.45, 2.75) is 33.1 Å². The fraction of sp³-hybridized carbons (Fsp3) is 0.600. The summed E-state index contributed by atoms with van der Waals surface area (Å²) in [5.74, 6) is 1.53. The predicted molar refractivity (Wildman–Crippen MR) is 71.7 cm³/mol. The van der Waals surface area contributed by atoms with Gasteiger partial charge in [0.2, 0.25) is 0 Å². The zero-order chi connectivity index (χ0) is 12.9. The van der Waals surface area contributed by atoms with E-state index < -0.39 is 0 Å². The Bertz CT molecular complexity index is 323. The minimum absolute atomic E-state index is 0.228. The normalized spacial score (nSPS) is 16.8. The molecule has 0 radical (unpaired) electrons. The van der Waals surface area contributed by atoms with Crippen molar-refractivity contribution in [1.82, 2.24) is 0 Å². The van der Waals surface area contributed by atoms with Gasteiger partial charge in [-0.3, -0.25) is 0 Å². The third-order valence-electron chi connectivity index (χ3n) is 3.49. The van der Waals surface area contributed by atoms with Gasteiger partial charge in [-0.2, -0.15) is 0 Å². The fourth-order valence-corrected chi connectivity index (χ4v) is 2.08. The first-order chi connectivity index (χ1) is 8.19. The highest BCUT2D eigenvalue weighted by atomic mass is 16.5. The molecule has 1 heterocycles. The van der Waals surface area contributed by atoms with E-state index >= 15 is 0 Å². The minimum Gasteiger partial charge on any atom is -0.497 e. The molecule has 96 valence electrons. The van der Waals surface area contributed by atoms with Gasteiger partial charge in [0.25, 0.3) is 0 Å². The van der Waals surface area contributed by atoms with E-state index in [1.54, 1.807) is 7.11 Å². The molecule has 1 fully saturated rings. The quantitative estimate of drug-likeness (QED) is 0.797. The Morgan fingerprint density at radius 2 is 1.65 bits per heavy atom. The fourth-order valence-electron chi connectivity index (χ4n) is 2.08. The highest BCUT2D eigenvalue weighted by molar-refractivity contribution is 5.34. The molecule has 0 spiro atoms. The Kier molecular flexibility index (Phi) is 5.01. The summed E-state index contributed by atoms with van der Waals surface area (Å²) in [6, 6.07) is 8.36. The van der Waals surface area contributed by atoms with Gasteiger partial charge < -0.3 is 9.47 Å². The highest BCUT2D eigenvalue weighted by Crippen LogP contribution is 2.39. The van der Waals surface area contributed by atoms with Crippen LogP contribution in [-0.4, -0.2) is 20.3 Å². The van der Waals surface area contributed by atoms with Crippen molar-refractivity contribution in [1.29, 1.82) is 0 Å². The van der Waals surface area contributed by atoms with Gasteiger partial charge in [-0.15, -0.1) is 0 Å². The van der Waals surface area contributed by atoms with E-state index in [2.05, 4.69) is 26.0 Å². The van der Waals surface area contributed by atoms with E-state index in [4.69, 9.17) is 9.47 Å². The second-order valence-corrected chi connectivity index (χ2v) is 4.53. The van der Waals surface area contributed by atoms with E-state index in [1.807, 2.05) is 26.0 Å². The smallest absolute Gasteiger partial charge is 0.118 e. The van der Waals surface area contributed by atoms with Gasteiger partial charge in [0.1, 0.15) is 5.75 Å². The van der Waals surface area contributed by atoms with Crippen molar-refractivity contribution in [3.8, 4) is 5.75 Å². The van der Waals surface area contributed by atoms with E-state index in [0.29, 0.717) is 5.92 Å². The summed E-state index contributed by atoms with van der Waals surface area (Å²) >= 11 is 0. The molecule has 0 unspecified atom stereocenters. The maximum atomic E-state index is 5.38. The van der Waals surface area contributed by atoms with Crippen LogP contribution in [0.5, 0.6) is 5.75 Å². The maximum Gasteiger partial charge on any atom is 0.118 e. The summed E-state index contributed by atoms with van der Waals surface area (Å²) in [5.41, 5.74) is 1.59. The monoisotopic (exact) mass is 236 g/mol. The van der Waals surface area contributed by atoms with Crippen LogP contribution < -0.4 is 4.74 Å². The molecule has 0 aromatic heterocycles. The topological polar surface area (TPSA) is 18.5 Å². The van der Waals surface area contributed by atoms with Crippen molar-refractivity contribution in [3.05, 3.63) is 29.8 Å². The molecule has 1 aromatic rings. The summed E-state index contributed by atoms with van der Waals surface area (Å²) in [7, 11) is 1.69. The van der Waals surface area contributed by atoms with Crippen LogP contribution in [0, 0.1) is 5.92 Å². The molecule has 17 heavy (non-hydrogen) atoms. The van der Waals surface area contributed by atoms with Gasteiger partial charge in [-0.25, -0.2) is 0 Å². The number of hydrogen-bond acceptors (Lipinski definition) is 2. The summed E-state index contributed by atoms with van der Waals surface area (Å²) in [6.45, 7) is 10.2. The first-order valence-electron chi connectivity index (χ1n) is 6.41. The molecule has 0 aliphatic carbocycles. The Morgan fingerprint density at radius 1 is 1.12 bits per heavy atom. The molecule has 2 rings (SSSR count). The second kappa shape index (κ2) is 6.06. The van der Waals surface area contributed by atoms with E-state index in [9.17, 15) is 0 Å². The van der Waals surface area contributed by atoms with Gasteiger partial charge in [0, 0.05) is 5.41 Å². The van der Waals surface area contributed by atoms with E-state index in [0.717, 1.165) is 19.0 Å². The lowest BCUT2D eigenvalue weighted by Gasteiger charge is -2.45. The predicted octanol–water partition coefficient (Wildman–Crippen LogP) is 3.65. The molecule has 2 heteroatoms. The van der Waals surface area contributed by atoms with Crippen LogP contribution in [0.15, 0.2) is 24.3 Å². The van der Waals surface area contributed by atoms with E-state index in [-0.39, 0.29) is 5.41 Å². The molecule has 0 N–H and O–H groups in total. The highest BCUT2D eigenvalue weighted by Gasteiger charge is 2.42. The van der Waals surface area contributed by atoms with Crippen LogP contribution in [0.1, 0.15) is 33.3 Å². The van der Waals surface area contributed by atoms with Crippen molar-refractivity contribution in [2.24, 2.45) is 5.92 Å². The lowest BCUT2D eigenvalue weighted by molar-refractivity contribution is -0.0836. The Labute approximate surface area is 105 Å². The largest absolute Gasteiger partial charge is 0.497 e. The Morgan fingerprint density at radius 3 is 1.94 bits per heavy atom. The summed E-state index contributed by atoms with van der Waals surface area (Å²) in [6.07, 6.45) is 0. The molecule has 1 aromatic carbocycles. The van der Waals surface area contributed by atoms with Crippen LogP contribution in [0.25, 0.3) is 0 Å². The van der Waals surface area contributed by atoms with Crippen molar-refractivity contribution < 1.29 is 9.47 Å². The third kappa shape index (κ3) is 2.63. The zero-order valence-corrected chi connectivity index (χ0v) is 11.6. The molecule has 0 amide bonds. The van der Waals surface area contributed by atoms with Crippen LogP contribution in [0.4, 0.5) is 0 Å². The summed E-state index contributed by atoms with van der Waals surface area (Å²) in [5, 5.41) is 0. The van der Waals surface area contributed by atoms with Gasteiger partial charge >= 0.3 is 0 Å². The number of benzene rings is 1. The first kappa shape index (κ1) is 14.0. The average Bonchev–Trinajstić information content (AvgIpc) is 2.31. The van der Waals surface area contributed by atoms with Crippen molar-refractivity contribution >= 4 is 0 Å². The van der Waals surface area contributed by atoms with Crippen LogP contribution >= 0.6 is 0 Å². The van der Waals surface area contributed by atoms with Gasteiger partial charge in [0.05, 0.1) is 20.3 Å². The molecule has 1 aliphatic heterocycles. The zero-order valence-electron chi connectivity index (χ0n) is 11.6. The molecule has 2 nitrogen and oxygen atoms in total. The van der Waals surface area contributed by atoms with Crippen LogP contribution in [0.3, 0.4) is 0 Å². The maximum absolute atomic E-state index is 5.38. The molecule has 0 atom stereocenters. The molecular weight excluding hydrogens is 212 g/mol. The molecule has 0 bridgehead atoms. The number of methoxy groups -OCH3 is 1. The van der Waals surface area contributed by atoms with Crippen molar-refractivity contribution in [2.75, 3.05) is 20.3 Å². The van der Waals surface area contributed by atoms with Crippen LogP contribution in [-0.2, 0) is 10.2 Å². The van der Waals surface area contributed by atoms with Gasteiger partial charge in [-0.05, 0) is 23.6 Å². The third-order valence-corrected chi connectivity index (χ3v) is 3.49. The lowest BCUT2D eigenvalue weighted by atomic mass is 9.70. The molecule has 1 saturated heterocycles. The number of ether oxygens (including phenoxy) is 2. The van der Waals surface area contributed by atoms with Gasteiger partial charge in [0.15, 0.2) is 0 Å². The second-order valence-electron chi connectivity index (χ2n) is 4.53. The SMILES string of the molecule is CC.COc1ccc(C2(C(C)C)COC2)cc1. The Balaban J connectivity index is 0.000000686.